The van der Waals surface area contributed by atoms with Gasteiger partial charge in [0.2, 0.25) is 0 Å². The number of hydrogen-bond acceptors (Lipinski definition) is 2. The van der Waals surface area contributed by atoms with Gasteiger partial charge in [-0.05, 0) is 16.9 Å². The minimum absolute atomic E-state index is 0.640. The summed E-state index contributed by atoms with van der Waals surface area (Å²) >= 11 is 7.83. The van der Waals surface area contributed by atoms with Gasteiger partial charge in [-0.3, -0.25) is 4.98 Å². The van der Waals surface area contributed by atoms with Crippen LogP contribution in [0.3, 0.4) is 0 Å². The first-order valence-corrected chi connectivity index (χ1v) is 5.33. The SMILES string of the molecule is CC(C)SCc1cnccc1Cl. The van der Waals surface area contributed by atoms with E-state index in [1.165, 1.54) is 0 Å². The fraction of sp³-hybridized carbons (Fsp3) is 0.444. The Morgan fingerprint density at radius 3 is 2.92 bits per heavy atom. The smallest absolute Gasteiger partial charge is 0.0477 e. The Kier molecular flexibility index (Phi) is 3.89. The van der Waals surface area contributed by atoms with E-state index in [2.05, 4.69) is 18.8 Å². The van der Waals surface area contributed by atoms with Crippen molar-refractivity contribution in [3.8, 4) is 0 Å². The first kappa shape index (κ1) is 9.87. The van der Waals surface area contributed by atoms with Gasteiger partial charge in [0.25, 0.3) is 0 Å². The zero-order chi connectivity index (χ0) is 8.97. The van der Waals surface area contributed by atoms with Crippen molar-refractivity contribution < 1.29 is 0 Å². The van der Waals surface area contributed by atoms with Crippen molar-refractivity contribution in [2.45, 2.75) is 24.9 Å². The lowest BCUT2D eigenvalue weighted by atomic mass is 10.3. The summed E-state index contributed by atoms with van der Waals surface area (Å²) in [6, 6.07) is 1.83. The van der Waals surface area contributed by atoms with Crippen LogP contribution < -0.4 is 0 Å². The van der Waals surface area contributed by atoms with E-state index >= 15 is 0 Å². The van der Waals surface area contributed by atoms with E-state index < -0.39 is 0 Å². The molecule has 1 aromatic heterocycles. The number of rotatable bonds is 3. The van der Waals surface area contributed by atoms with Gasteiger partial charge in [0.1, 0.15) is 0 Å². The number of halogens is 1. The van der Waals surface area contributed by atoms with Crippen molar-refractivity contribution in [2.75, 3.05) is 0 Å². The van der Waals surface area contributed by atoms with Crippen molar-refractivity contribution in [2.24, 2.45) is 0 Å². The molecule has 0 bridgehead atoms. The third-order valence-corrected chi connectivity index (χ3v) is 2.93. The minimum Gasteiger partial charge on any atom is -0.264 e. The van der Waals surface area contributed by atoms with Gasteiger partial charge in [-0.1, -0.05) is 25.4 Å². The standard InChI is InChI=1S/C9H12ClNS/c1-7(2)12-6-8-5-11-4-3-9(8)10/h3-5,7H,6H2,1-2H3. The zero-order valence-corrected chi connectivity index (χ0v) is 8.82. The Hall–Kier alpha value is -0.210. The topological polar surface area (TPSA) is 12.9 Å². The summed E-state index contributed by atoms with van der Waals surface area (Å²) in [5.41, 5.74) is 1.12. The molecule has 1 heterocycles. The van der Waals surface area contributed by atoms with Crippen molar-refractivity contribution >= 4 is 23.4 Å². The Morgan fingerprint density at radius 1 is 1.58 bits per heavy atom. The molecule has 0 radical (unpaired) electrons. The number of aromatic nitrogens is 1. The van der Waals surface area contributed by atoms with Crippen LogP contribution in [0.4, 0.5) is 0 Å². The van der Waals surface area contributed by atoms with Crippen LogP contribution in [-0.2, 0) is 5.75 Å². The first-order valence-electron chi connectivity index (χ1n) is 3.90. The second-order valence-electron chi connectivity index (χ2n) is 2.83. The highest BCUT2D eigenvalue weighted by atomic mass is 35.5. The molecule has 1 nitrogen and oxygen atoms in total. The third kappa shape index (κ3) is 3.03. The average molecular weight is 202 g/mol. The van der Waals surface area contributed by atoms with E-state index in [1.54, 1.807) is 6.20 Å². The predicted octanol–water partition coefficient (Wildman–Crippen LogP) is 3.38. The maximum Gasteiger partial charge on any atom is 0.0477 e. The van der Waals surface area contributed by atoms with Crippen molar-refractivity contribution in [1.29, 1.82) is 0 Å². The number of nitrogens with zero attached hydrogens (tertiary/aromatic N) is 1. The fourth-order valence-electron chi connectivity index (χ4n) is 0.773. The molecule has 0 fully saturated rings. The molecule has 12 heavy (non-hydrogen) atoms. The molecule has 0 aliphatic rings. The Bertz CT molecular complexity index is 250. The molecule has 0 saturated carbocycles. The van der Waals surface area contributed by atoms with Gasteiger partial charge in [-0.2, -0.15) is 11.8 Å². The zero-order valence-electron chi connectivity index (χ0n) is 7.25. The van der Waals surface area contributed by atoms with Crippen LogP contribution in [0.25, 0.3) is 0 Å². The second-order valence-corrected chi connectivity index (χ2v) is 4.80. The van der Waals surface area contributed by atoms with Gasteiger partial charge in [0.05, 0.1) is 0 Å². The highest BCUT2D eigenvalue weighted by Crippen LogP contribution is 2.22. The number of thioether (sulfide) groups is 1. The maximum absolute atomic E-state index is 5.95. The molecule has 1 aromatic rings. The normalized spacial score (nSPS) is 10.7. The molecule has 0 aromatic carbocycles. The van der Waals surface area contributed by atoms with Crippen LogP contribution in [0.1, 0.15) is 19.4 Å². The highest BCUT2D eigenvalue weighted by molar-refractivity contribution is 7.99. The Labute approximate surface area is 82.5 Å². The van der Waals surface area contributed by atoms with E-state index in [0.717, 1.165) is 16.3 Å². The highest BCUT2D eigenvalue weighted by Gasteiger charge is 2.00. The maximum atomic E-state index is 5.95. The van der Waals surface area contributed by atoms with Gasteiger partial charge in [-0.15, -0.1) is 0 Å². The fourth-order valence-corrected chi connectivity index (χ4v) is 1.77. The average Bonchev–Trinajstić information content (AvgIpc) is 2.03. The van der Waals surface area contributed by atoms with Crippen LogP contribution in [0.2, 0.25) is 5.02 Å². The van der Waals surface area contributed by atoms with Gasteiger partial charge >= 0.3 is 0 Å². The first-order chi connectivity index (χ1) is 5.70. The lowest BCUT2D eigenvalue weighted by Gasteiger charge is -2.05. The quantitative estimate of drug-likeness (QED) is 0.744. The molecule has 0 spiro atoms. The summed E-state index contributed by atoms with van der Waals surface area (Å²) in [5.74, 6) is 0.949. The van der Waals surface area contributed by atoms with E-state index in [4.69, 9.17) is 11.6 Å². The summed E-state index contributed by atoms with van der Waals surface area (Å²) in [6.45, 7) is 4.35. The minimum atomic E-state index is 0.640. The third-order valence-electron chi connectivity index (χ3n) is 1.42. The summed E-state index contributed by atoms with van der Waals surface area (Å²) in [4.78, 5) is 4.03. The van der Waals surface area contributed by atoms with Gasteiger partial charge < -0.3 is 0 Å². The second kappa shape index (κ2) is 4.73. The Balaban J connectivity index is 2.57. The molecule has 0 amide bonds. The molecule has 0 saturated heterocycles. The number of pyridine rings is 1. The lowest BCUT2D eigenvalue weighted by molar-refractivity contribution is 1.11. The molecule has 1 rings (SSSR count). The van der Waals surface area contributed by atoms with Crippen LogP contribution in [0.15, 0.2) is 18.5 Å². The Morgan fingerprint density at radius 2 is 2.33 bits per heavy atom. The largest absolute Gasteiger partial charge is 0.264 e. The molecular weight excluding hydrogens is 190 g/mol. The van der Waals surface area contributed by atoms with E-state index in [1.807, 2.05) is 24.0 Å². The van der Waals surface area contributed by atoms with Crippen LogP contribution in [0, 0.1) is 0 Å². The summed E-state index contributed by atoms with van der Waals surface area (Å²) < 4.78 is 0. The van der Waals surface area contributed by atoms with E-state index in [9.17, 15) is 0 Å². The van der Waals surface area contributed by atoms with Crippen molar-refractivity contribution in [3.63, 3.8) is 0 Å². The molecule has 3 heteroatoms. The van der Waals surface area contributed by atoms with Gasteiger partial charge in [0, 0.05) is 23.2 Å². The van der Waals surface area contributed by atoms with Crippen LogP contribution in [0.5, 0.6) is 0 Å². The molecular formula is C9H12ClNS. The monoisotopic (exact) mass is 201 g/mol. The molecule has 66 valence electrons. The predicted molar refractivity (Wildman–Crippen MR) is 55.7 cm³/mol. The molecule has 0 N–H and O–H groups in total. The molecule has 0 aliphatic carbocycles. The molecule has 0 aliphatic heterocycles. The van der Waals surface area contributed by atoms with Crippen LogP contribution in [-0.4, -0.2) is 10.2 Å². The van der Waals surface area contributed by atoms with Crippen LogP contribution >= 0.6 is 23.4 Å². The molecule has 0 unspecified atom stereocenters. The number of hydrogen-bond donors (Lipinski definition) is 0. The lowest BCUT2D eigenvalue weighted by Crippen LogP contribution is -1.90. The summed E-state index contributed by atoms with van der Waals surface area (Å²) in [6.07, 6.45) is 3.55. The van der Waals surface area contributed by atoms with E-state index in [-0.39, 0.29) is 0 Å². The van der Waals surface area contributed by atoms with Gasteiger partial charge in [-0.25, -0.2) is 0 Å². The summed E-state index contributed by atoms with van der Waals surface area (Å²) in [7, 11) is 0. The molecule has 0 atom stereocenters. The van der Waals surface area contributed by atoms with Crippen molar-refractivity contribution in [3.05, 3.63) is 29.0 Å². The van der Waals surface area contributed by atoms with E-state index in [0.29, 0.717) is 5.25 Å². The summed E-state index contributed by atoms with van der Waals surface area (Å²) in [5, 5.41) is 1.46. The van der Waals surface area contributed by atoms with Crippen molar-refractivity contribution in [1.82, 2.24) is 4.98 Å². The van der Waals surface area contributed by atoms with Gasteiger partial charge in [0.15, 0.2) is 0 Å².